The molecule has 0 bridgehead atoms. The van der Waals surface area contributed by atoms with Gasteiger partial charge in [0.05, 0.1) is 0 Å². The van der Waals surface area contributed by atoms with Crippen LogP contribution in [-0.2, 0) is 19.2 Å². The fourth-order valence-corrected chi connectivity index (χ4v) is 9.88. The molecule has 0 unspecified atom stereocenters. The van der Waals surface area contributed by atoms with Crippen molar-refractivity contribution in [1.82, 2.24) is 0 Å². The smallest absolute Gasteiger partial charge is 0.303 e. The first-order valence-electron chi connectivity index (χ1n) is 34.0. The Morgan fingerprint density at radius 2 is 0.237 bits per heavy atom. The topological polar surface area (TPSA) is 149 Å². The molecule has 8 heteroatoms. The molecule has 0 aliphatic rings. The first kappa shape index (κ1) is 80.4. The van der Waals surface area contributed by atoms with Gasteiger partial charge in [-0.15, -0.1) is 0 Å². The summed E-state index contributed by atoms with van der Waals surface area (Å²) in [6.07, 6.45) is 75.0. The van der Waals surface area contributed by atoms with Crippen molar-refractivity contribution in [3.63, 3.8) is 0 Å². The Hall–Kier alpha value is -2.12. The number of aliphatic carboxylic acids is 4. The van der Waals surface area contributed by atoms with Crippen molar-refractivity contribution in [1.29, 1.82) is 0 Å². The van der Waals surface area contributed by atoms with Gasteiger partial charge in [-0.3, -0.25) is 19.2 Å². The first-order valence-corrected chi connectivity index (χ1v) is 34.0. The summed E-state index contributed by atoms with van der Waals surface area (Å²) in [6, 6.07) is 0. The highest BCUT2D eigenvalue weighted by molar-refractivity contribution is 5.67. The van der Waals surface area contributed by atoms with Gasteiger partial charge in [-0.2, -0.15) is 0 Å². The fourth-order valence-electron chi connectivity index (χ4n) is 9.88. The van der Waals surface area contributed by atoms with E-state index in [-0.39, 0.29) is 0 Å². The third-order valence-corrected chi connectivity index (χ3v) is 15.0. The second-order valence-electron chi connectivity index (χ2n) is 23.0. The van der Waals surface area contributed by atoms with Crippen LogP contribution in [0.1, 0.15) is 413 Å². The third-order valence-electron chi connectivity index (χ3n) is 15.0. The summed E-state index contributed by atoms with van der Waals surface area (Å²) in [5.74, 6) is -2.62. The van der Waals surface area contributed by atoms with E-state index in [1.807, 2.05) is 0 Å². The lowest BCUT2D eigenvalue weighted by atomic mass is 10.0. The van der Waals surface area contributed by atoms with Crippen LogP contribution in [0.25, 0.3) is 0 Å². The van der Waals surface area contributed by atoms with Crippen LogP contribution in [0, 0.1) is 0 Å². The summed E-state index contributed by atoms with van der Waals surface area (Å²) in [5.41, 5.74) is 0. The van der Waals surface area contributed by atoms with E-state index in [9.17, 15) is 19.2 Å². The van der Waals surface area contributed by atoms with Gasteiger partial charge in [0.15, 0.2) is 0 Å². The van der Waals surface area contributed by atoms with Crippen molar-refractivity contribution in [3.05, 3.63) is 0 Å². The molecule has 456 valence electrons. The van der Waals surface area contributed by atoms with E-state index in [0.717, 1.165) is 51.4 Å². The summed E-state index contributed by atoms with van der Waals surface area (Å²) in [4.78, 5) is 41.3. The molecule has 4 N–H and O–H groups in total. The number of carboxylic acid groups (broad SMARTS) is 4. The van der Waals surface area contributed by atoms with Crippen LogP contribution in [0.2, 0.25) is 0 Å². The largest absolute Gasteiger partial charge is 0.481 e. The lowest BCUT2D eigenvalue weighted by Gasteiger charge is -2.03. The molecule has 0 saturated carbocycles. The van der Waals surface area contributed by atoms with Crippen molar-refractivity contribution in [3.8, 4) is 0 Å². The van der Waals surface area contributed by atoms with Gasteiger partial charge < -0.3 is 20.4 Å². The highest BCUT2D eigenvalue weighted by Gasteiger charge is 2.01. The van der Waals surface area contributed by atoms with Gasteiger partial charge in [-0.25, -0.2) is 0 Å². The molecule has 0 rings (SSSR count). The zero-order valence-corrected chi connectivity index (χ0v) is 51.8. The Labute approximate surface area is 474 Å². The number of hydrogen-bond donors (Lipinski definition) is 4. The lowest BCUT2D eigenvalue weighted by molar-refractivity contribution is -0.138. The van der Waals surface area contributed by atoms with Gasteiger partial charge in [0, 0.05) is 25.7 Å². The molecule has 0 aliphatic carbocycles. The Kier molecular flexibility index (Phi) is 81.5. The van der Waals surface area contributed by atoms with E-state index in [1.54, 1.807) is 0 Å². The van der Waals surface area contributed by atoms with E-state index in [0.29, 0.717) is 25.7 Å². The second kappa shape index (κ2) is 77.1. The first-order chi connectivity index (χ1) is 37.1. The second-order valence-corrected chi connectivity index (χ2v) is 23.0. The van der Waals surface area contributed by atoms with E-state index < -0.39 is 23.9 Å². The monoisotopic (exact) mass is 1080 g/mol. The summed E-state index contributed by atoms with van der Waals surface area (Å²) in [7, 11) is 0. The van der Waals surface area contributed by atoms with Crippen LogP contribution < -0.4 is 0 Å². The zero-order valence-electron chi connectivity index (χ0n) is 51.8. The quantitative estimate of drug-likeness (QED) is 0.0440. The molecule has 0 saturated heterocycles. The van der Waals surface area contributed by atoms with E-state index >= 15 is 0 Å². The van der Waals surface area contributed by atoms with E-state index in [1.165, 1.54) is 308 Å². The maximum absolute atomic E-state index is 10.3. The van der Waals surface area contributed by atoms with Gasteiger partial charge >= 0.3 is 23.9 Å². The van der Waals surface area contributed by atoms with Crippen molar-refractivity contribution in [2.24, 2.45) is 0 Å². The third kappa shape index (κ3) is 94.3. The van der Waals surface area contributed by atoms with Crippen LogP contribution >= 0.6 is 0 Å². The van der Waals surface area contributed by atoms with Crippen LogP contribution in [0.4, 0.5) is 0 Å². The maximum Gasteiger partial charge on any atom is 0.303 e. The number of rotatable bonds is 60. The van der Waals surface area contributed by atoms with Crippen LogP contribution in [0.15, 0.2) is 0 Å². The maximum atomic E-state index is 10.3. The SMILES string of the molecule is CCCCCCCCCCCCCC(=O)O.CCCCCCCCCCCCCCCCCC(=O)O.CCCCCCCCCCCCCCCCCC(=O)O.CCCCCCCCCCCCCCCCCC(=O)O. The van der Waals surface area contributed by atoms with E-state index in [4.69, 9.17) is 20.4 Å². The van der Waals surface area contributed by atoms with Crippen LogP contribution in [0.3, 0.4) is 0 Å². The fraction of sp³-hybridized carbons (Fsp3) is 0.941. The van der Waals surface area contributed by atoms with Crippen molar-refractivity contribution in [2.45, 2.75) is 413 Å². The van der Waals surface area contributed by atoms with E-state index in [2.05, 4.69) is 27.7 Å². The molecule has 0 fully saturated rings. The number of carboxylic acids is 4. The molecule has 76 heavy (non-hydrogen) atoms. The summed E-state index contributed by atoms with van der Waals surface area (Å²) < 4.78 is 0. The summed E-state index contributed by atoms with van der Waals surface area (Å²) in [6.45, 7) is 9.06. The zero-order chi connectivity index (χ0) is 56.7. The Balaban J connectivity index is -0.000000456. The minimum absolute atomic E-state index is 0.344. The van der Waals surface area contributed by atoms with Crippen LogP contribution in [0.5, 0.6) is 0 Å². The Morgan fingerprint density at radius 3 is 0.316 bits per heavy atom. The highest BCUT2D eigenvalue weighted by Crippen LogP contribution is 2.17. The minimum atomic E-state index is -0.657. The van der Waals surface area contributed by atoms with Gasteiger partial charge in [0.1, 0.15) is 0 Å². The molecule has 0 atom stereocenters. The summed E-state index contributed by atoms with van der Waals surface area (Å²) in [5, 5.41) is 34.0. The standard InChI is InChI=1S/3C18H36O2.C14H28O2/c3*1-2-3-4-5-6-7-8-9-10-11-12-13-14-15-16-17-18(19)20;1-2-3-4-5-6-7-8-9-10-11-12-13-14(15)16/h3*2-17H2,1H3,(H,19,20);2-13H2,1H3,(H,15,16). The van der Waals surface area contributed by atoms with Crippen LogP contribution in [-0.4, -0.2) is 44.3 Å². The van der Waals surface area contributed by atoms with Gasteiger partial charge in [0.25, 0.3) is 0 Å². The Bertz CT molecular complexity index is 990. The number of unbranched alkanes of at least 4 members (excludes halogenated alkanes) is 52. The number of carbonyl (C=O) groups is 4. The highest BCUT2D eigenvalue weighted by atomic mass is 16.4. The molecule has 0 aliphatic heterocycles. The average Bonchev–Trinajstić information content (AvgIpc) is 3.39. The Morgan fingerprint density at radius 1 is 0.158 bits per heavy atom. The molecule has 0 spiro atoms. The molecular formula is C68H136O8. The normalized spacial score (nSPS) is 10.8. The number of hydrogen-bond acceptors (Lipinski definition) is 4. The van der Waals surface area contributed by atoms with Crippen molar-refractivity contribution in [2.75, 3.05) is 0 Å². The van der Waals surface area contributed by atoms with Crippen molar-refractivity contribution < 1.29 is 39.6 Å². The van der Waals surface area contributed by atoms with Crippen molar-refractivity contribution >= 4 is 23.9 Å². The molecule has 0 radical (unpaired) electrons. The minimum Gasteiger partial charge on any atom is -0.481 e. The molecule has 0 aromatic carbocycles. The van der Waals surface area contributed by atoms with Gasteiger partial charge in [-0.05, 0) is 25.7 Å². The molecule has 0 heterocycles. The molecule has 0 aromatic heterocycles. The average molecular weight is 1080 g/mol. The van der Waals surface area contributed by atoms with Gasteiger partial charge in [-0.1, -0.05) is 362 Å². The predicted octanol–water partition coefficient (Wildman–Crippen LogP) is 23.8. The molecular weight excluding hydrogens is 945 g/mol. The molecule has 0 aromatic rings. The predicted molar refractivity (Wildman–Crippen MR) is 330 cm³/mol. The molecule has 8 nitrogen and oxygen atoms in total. The lowest BCUT2D eigenvalue weighted by Crippen LogP contribution is -1.93. The summed E-state index contributed by atoms with van der Waals surface area (Å²) >= 11 is 0. The van der Waals surface area contributed by atoms with Gasteiger partial charge in [0.2, 0.25) is 0 Å². The molecule has 0 amide bonds.